The van der Waals surface area contributed by atoms with Crippen molar-refractivity contribution in [3.63, 3.8) is 0 Å². The molecule has 0 saturated carbocycles. The van der Waals surface area contributed by atoms with E-state index in [1.165, 1.54) is 0 Å². The van der Waals surface area contributed by atoms with Crippen LogP contribution in [0, 0.1) is 0 Å². The minimum absolute atomic E-state index is 0.0968. The van der Waals surface area contributed by atoms with Crippen LogP contribution in [0.3, 0.4) is 0 Å². The average Bonchev–Trinajstić information content (AvgIpc) is 3.23. The summed E-state index contributed by atoms with van der Waals surface area (Å²) in [6.45, 7) is 4.89. The molecule has 35 heavy (non-hydrogen) atoms. The summed E-state index contributed by atoms with van der Waals surface area (Å²) in [6, 6.07) is 10.7. The molecule has 1 fully saturated rings. The van der Waals surface area contributed by atoms with Gasteiger partial charge in [0.25, 0.3) is 5.91 Å². The number of rotatable bonds is 10. The lowest BCUT2D eigenvalue weighted by Crippen LogP contribution is -2.42. The Balaban J connectivity index is 1.57. The molecule has 9 nitrogen and oxygen atoms in total. The van der Waals surface area contributed by atoms with Gasteiger partial charge in [-0.3, -0.25) is 14.5 Å². The first-order valence-corrected chi connectivity index (χ1v) is 11.8. The second-order valence-electron chi connectivity index (χ2n) is 8.57. The Morgan fingerprint density at radius 3 is 2.37 bits per heavy atom. The van der Waals surface area contributed by atoms with Crippen LogP contribution >= 0.6 is 0 Å². The molecule has 2 aromatic rings. The standard InChI is InChI=1S/C26H33N3O6/c1-32-22-14-19(15-23(33-2)25(22)34-3)21(29-17-18-6-4-5-7-20(18)26(29)31)16-24(30)27-8-9-28-10-12-35-13-11-28/h4-7,14-15,21H,8-13,16-17H2,1-3H3,(H,27,30)/t21-/m0/s1. The Kier molecular flexibility index (Phi) is 8.09. The quantitative estimate of drug-likeness (QED) is 0.554. The molecule has 1 atom stereocenters. The first kappa shape index (κ1) is 24.8. The van der Waals surface area contributed by atoms with E-state index in [1.807, 2.05) is 36.4 Å². The molecular formula is C26H33N3O6. The van der Waals surface area contributed by atoms with Crippen molar-refractivity contribution in [2.24, 2.45) is 0 Å². The third-order valence-corrected chi connectivity index (χ3v) is 6.53. The largest absolute Gasteiger partial charge is 0.493 e. The fourth-order valence-electron chi connectivity index (χ4n) is 4.66. The number of ether oxygens (including phenoxy) is 4. The lowest BCUT2D eigenvalue weighted by atomic mass is 10.00. The predicted molar refractivity (Wildman–Crippen MR) is 130 cm³/mol. The van der Waals surface area contributed by atoms with Crippen molar-refractivity contribution in [2.75, 3.05) is 60.7 Å². The minimum atomic E-state index is -0.507. The highest BCUT2D eigenvalue weighted by molar-refractivity contribution is 5.98. The smallest absolute Gasteiger partial charge is 0.255 e. The van der Waals surface area contributed by atoms with Crippen LogP contribution in [-0.2, 0) is 16.1 Å². The molecular weight excluding hydrogens is 450 g/mol. The van der Waals surface area contributed by atoms with E-state index in [4.69, 9.17) is 18.9 Å². The van der Waals surface area contributed by atoms with Crippen molar-refractivity contribution in [3.8, 4) is 17.2 Å². The average molecular weight is 484 g/mol. The Morgan fingerprint density at radius 2 is 1.74 bits per heavy atom. The van der Waals surface area contributed by atoms with Gasteiger partial charge in [0.05, 0.1) is 47.0 Å². The molecule has 9 heteroatoms. The summed E-state index contributed by atoms with van der Waals surface area (Å²) in [5, 5.41) is 3.02. The lowest BCUT2D eigenvalue weighted by molar-refractivity contribution is -0.122. The molecule has 2 aliphatic rings. The van der Waals surface area contributed by atoms with E-state index >= 15 is 0 Å². The second-order valence-corrected chi connectivity index (χ2v) is 8.57. The summed E-state index contributed by atoms with van der Waals surface area (Å²) in [5.41, 5.74) is 2.35. The number of carbonyl (C=O) groups excluding carboxylic acids is 2. The van der Waals surface area contributed by atoms with Crippen molar-refractivity contribution >= 4 is 11.8 Å². The van der Waals surface area contributed by atoms with Crippen molar-refractivity contribution in [1.82, 2.24) is 15.1 Å². The SMILES string of the molecule is COc1cc([C@H](CC(=O)NCCN2CCOCC2)N2Cc3ccccc3C2=O)cc(OC)c1OC. The molecule has 1 saturated heterocycles. The molecule has 0 bridgehead atoms. The predicted octanol–water partition coefficient (Wildman–Crippen LogP) is 2.25. The topological polar surface area (TPSA) is 89.6 Å². The number of morpholine rings is 1. The molecule has 1 N–H and O–H groups in total. The monoisotopic (exact) mass is 483 g/mol. The highest BCUT2D eigenvalue weighted by Gasteiger charge is 2.35. The van der Waals surface area contributed by atoms with Gasteiger partial charge >= 0.3 is 0 Å². The van der Waals surface area contributed by atoms with Crippen molar-refractivity contribution in [1.29, 1.82) is 0 Å². The van der Waals surface area contributed by atoms with Gasteiger partial charge in [0.2, 0.25) is 11.7 Å². The molecule has 4 rings (SSSR count). The summed E-state index contributed by atoms with van der Waals surface area (Å²) < 4.78 is 21.9. The maximum Gasteiger partial charge on any atom is 0.255 e. The van der Waals surface area contributed by atoms with Gasteiger partial charge in [-0.1, -0.05) is 18.2 Å². The molecule has 0 aromatic heterocycles. The number of carbonyl (C=O) groups is 2. The van der Waals surface area contributed by atoms with Crippen molar-refractivity contribution < 1.29 is 28.5 Å². The second kappa shape index (κ2) is 11.4. The van der Waals surface area contributed by atoms with E-state index in [2.05, 4.69) is 10.2 Å². The molecule has 2 aromatic carbocycles. The van der Waals surface area contributed by atoms with E-state index < -0.39 is 6.04 Å². The van der Waals surface area contributed by atoms with Gasteiger partial charge in [-0.15, -0.1) is 0 Å². The van der Waals surface area contributed by atoms with Gasteiger partial charge in [0.1, 0.15) is 0 Å². The van der Waals surface area contributed by atoms with Gasteiger partial charge in [-0.2, -0.15) is 0 Å². The maximum atomic E-state index is 13.3. The van der Waals surface area contributed by atoms with Crippen LogP contribution < -0.4 is 19.5 Å². The number of hydrogen-bond donors (Lipinski definition) is 1. The fourth-order valence-corrected chi connectivity index (χ4v) is 4.66. The number of nitrogens with one attached hydrogen (secondary N) is 1. The zero-order valence-corrected chi connectivity index (χ0v) is 20.5. The zero-order valence-electron chi connectivity index (χ0n) is 20.5. The van der Waals surface area contributed by atoms with E-state index in [0.717, 1.165) is 44.0 Å². The lowest BCUT2D eigenvalue weighted by Gasteiger charge is -2.29. The summed E-state index contributed by atoms with van der Waals surface area (Å²) in [6.07, 6.45) is 0.113. The molecule has 2 aliphatic heterocycles. The molecule has 2 amide bonds. The Labute approximate surface area is 205 Å². The van der Waals surface area contributed by atoms with Crippen LogP contribution in [0.2, 0.25) is 0 Å². The van der Waals surface area contributed by atoms with E-state index in [-0.39, 0.29) is 18.2 Å². The van der Waals surface area contributed by atoms with Crippen LogP contribution in [0.5, 0.6) is 17.2 Å². The van der Waals surface area contributed by atoms with E-state index in [0.29, 0.717) is 35.9 Å². The fraction of sp³-hybridized carbons (Fsp3) is 0.462. The summed E-state index contributed by atoms with van der Waals surface area (Å²) in [4.78, 5) is 30.4. The Morgan fingerprint density at radius 1 is 1.06 bits per heavy atom. The zero-order chi connectivity index (χ0) is 24.8. The number of amides is 2. The van der Waals surface area contributed by atoms with Gasteiger partial charge in [-0.25, -0.2) is 0 Å². The number of hydrogen-bond acceptors (Lipinski definition) is 7. The molecule has 0 radical (unpaired) electrons. The molecule has 0 aliphatic carbocycles. The maximum absolute atomic E-state index is 13.3. The van der Waals surface area contributed by atoms with Crippen molar-refractivity contribution in [2.45, 2.75) is 19.0 Å². The first-order valence-electron chi connectivity index (χ1n) is 11.8. The molecule has 0 spiro atoms. The number of methoxy groups -OCH3 is 3. The highest BCUT2D eigenvalue weighted by Crippen LogP contribution is 2.42. The van der Waals surface area contributed by atoms with Gasteiger partial charge in [-0.05, 0) is 29.3 Å². The van der Waals surface area contributed by atoms with E-state index in [9.17, 15) is 9.59 Å². The van der Waals surface area contributed by atoms with Gasteiger partial charge in [0.15, 0.2) is 11.5 Å². The molecule has 188 valence electrons. The first-order chi connectivity index (χ1) is 17.0. The van der Waals surface area contributed by atoms with Crippen molar-refractivity contribution in [3.05, 3.63) is 53.1 Å². The normalized spacial score (nSPS) is 16.5. The number of nitrogens with zero attached hydrogens (tertiary/aromatic N) is 2. The van der Waals surface area contributed by atoms with Crippen LogP contribution in [0.15, 0.2) is 36.4 Å². The summed E-state index contributed by atoms with van der Waals surface area (Å²) in [7, 11) is 4.64. The van der Waals surface area contributed by atoms with Gasteiger partial charge in [0, 0.05) is 38.3 Å². The Hall–Kier alpha value is -3.30. The summed E-state index contributed by atoms with van der Waals surface area (Å²) in [5.74, 6) is 1.19. The molecule has 2 heterocycles. The van der Waals surface area contributed by atoms with Gasteiger partial charge < -0.3 is 29.2 Å². The Bertz CT molecular complexity index is 1030. The minimum Gasteiger partial charge on any atom is -0.493 e. The third-order valence-electron chi connectivity index (χ3n) is 6.53. The highest BCUT2D eigenvalue weighted by atomic mass is 16.5. The van der Waals surface area contributed by atoms with Crippen LogP contribution in [-0.4, -0.2) is 82.3 Å². The number of benzene rings is 2. The molecule has 0 unspecified atom stereocenters. The van der Waals surface area contributed by atoms with Crippen LogP contribution in [0.4, 0.5) is 0 Å². The van der Waals surface area contributed by atoms with E-state index in [1.54, 1.807) is 26.2 Å². The number of fused-ring (bicyclic) bond motifs is 1. The summed E-state index contributed by atoms with van der Waals surface area (Å²) >= 11 is 0. The van der Waals surface area contributed by atoms with Crippen LogP contribution in [0.1, 0.15) is 33.9 Å². The third kappa shape index (κ3) is 5.52. The van der Waals surface area contributed by atoms with Crippen LogP contribution in [0.25, 0.3) is 0 Å².